The van der Waals surface area contributed by atoms with Gasteiger partial charge in [-0.15, -0.1) is 0 Å². The molecule has 1 saturated heterocycles. The Morgan fingerprint density at radius 2 is 1.40 bits per heavy atom. The highest BCUT2D eigenvalue weighted by Gasteiger charge is 2.32. The van der Waals surface area contributed by atoms with Gasteiger partial charge in [0.1, 0.15) is 0 Å². The van der Waals surface area contributed by atoms with E-state index in [1.54, 1.807) is 0 Å². The molecule has 0 N–H and O–H groups in total. The summed E-state index contributed by atoms with van der Waals surface area (Å²) in [4.78, 5) is 22.5. The van der Waals surface area contributed by atoms with Crippen molar-refractivity contribution in [3.05, 3.63) is 0 Å². The first-order valence-electron chi connectivity index (χ1n) is 10.9. The summed E-state index contributed by atoms with van der Waals surface area (Å²) in [5, 5.41) is 0. The second-order valence-corrected chi connectivity index (χ2v) is 7.87. The Kier molecular flexibility index (Phi) is 12.7. The minimum absolute atomic E-state index is 0.162. The standard InChI is InChI=1S/C22H40O3/c1-3-5-6-7-8-9-10-11-12-15-19(4-2)16-13-14-17-20-18-21(23)25-22(20)24/h19-20H,3-18H2,1-2H3. The van der Waals surface area contributed by atoms with Crippen molar-refractivity contribution in [1.29, 1.82) is 0 Å². The molecule has 1 aliphatic rings. The molecular weight excluding hydrogens is 312 g/mol. The maximum Gasteiger partial charge on any atom is 0.317 e. The topological polar surface area (TPSA) is 43.4 Å². The normalized spacial score (nSPS) is 18.6. The minimum atomic E-state index is -0.341. The van der Waals surface area contributed by atoms with Crippen LogP contribution in [0.15, 0.2) is 0 Å². The molecule has 0 spiro atoms. The zero-order chi connectivity index (χ0) is 18.3. The molecule has 0 bridgehead atoms. The number of carbonyl (C=O) groups excluding carboxylic acids is 2. The smallest absolute Gasteiger partial charge is 0.317 e. The Hall–Kier alpha value is -0.860. The monoisotopic (exact) mass is 352 g/mol. The minimum Gasteiger partial charge on any atom is -0.393 e. The number of esters is 2. The third kappa shape index (κ3) is 10.7. The van der Waals surface area contributed by atoms with Gasteiger partial charge in [-0.1, -0.05) is 104 Å². The van der Waals surface area contributed by atoms with Gasteiger partial charge < -0.3 is 4.74 Å². The summed E-state index contributed by atoms with van der Waals surface area (Å²) in [7, 11) is 0. The predicted molar refractivity (Wildman–Crippen MR) is 103 cm³/mol. The molecule has 1 heterocycles. The largest absolute Gasteiger partial charge is 0.393 e. The van der Waals surface area contributed by atoms with Crippen LogP contribution < -0.4 is 0 Å². The van der Waals surface area contributed by atoms with Crippen LogP contribution in [0, 0.1) is 11.8 Å². The summed E-state index contributed by atoms with van der Waals surface area (Å²) in [5.74, 6) is 0.0325. The van der Waals surface area contributed by atoms with Gasteiger partial charge in [0.25, 0.3) is 0 Å². The van der Waals surface area contributed by atoms with Crippen LogP contribution in [0.25, 0.3) is 0 Å². The average Bonchev–Trinajstić information content (AvgIpc) is 2.92. The van der Waals surface area contributed by atoms with Gasteiger partial charge in [0.2, 0.25) is 0 Å². The molecule has 1 rings (SSSR count). The molecule has 146 valence electrons. The van der Waals surface area contributed by atoms with Gasteiger partial charge in [0.15, 0.2) is 0 Å². The zero-order valence-corrected chi connectivity index (χ0v) is 16.7. The molecule has 0 aromatic carbocycles. The molecule has 0 amide bonds. The van der Waals surface area contributed by atoms with Gasteiger partial charge in [0, 0.05) is 0 Å². The second-order valence-electron chi connectivity index (χ2n) is 7.87. The highest BCUT2D eigenvalue weighted by molar-refractivity contribution is 5.94. The van der Waals surface area contributed by atoms with Crippen LogP contribution in [-0.2, 0) is 14.3 Å². The Balaban J connectivity index is 1.94. The van der Waals surface area contributed by atoms with Crippen molar-refractivity contribution < 1.29 is 14.3 Å². The first kappa shape index (κ1) is 22.2. The lowest BCUT2D eigenvalue weighted by Crippen LogP contribution is -2.07. The maximum absolute atomic E-state index is 11.4. The van der Waals surface area contributed by atoms with E-state index in [0.717, 1.165) is 18.8 Å². The number of rotatable bonds is 16. The van der Waals surface area contributed by atoms with Gasteiger partial charge in [0.05, 0.1) is 12.3 Å². The predicted octanol–water partition coefficient (Wildman–Crippen LogP) is 6.58. The second kappa shape index (κ2) is 14.3. The quantitative estimate of drug-likeness (QED) is 0.179. The van der Waals surface area contributed by atoms with Crippen LogP contribution in [0.1, 0.15) is 117 Å². The molecule has 25 heavy (non-hydrogen) atoms. The number of hydrogen-bond donors (Lipinski definition) is 0. The van der Waals surface area contributed by atoms with E-state index >= 15 is 0 Å². The Bertz CT molecular complexity index is 364. The van der Waals surface area contributed by atoms with E-state index < -0.39 is 0 Å². The summed E-state index contributed by atoms with van der Waals surface area (Å²) in [6, 6.07) is 0. The van der Waals surface area contributed by atoms with E-state index in [1.807, 2.05) is 0 Å². The fourth-order valence-electron chi connectivity index (χ4n) is 3.86. The Morgan fingerprint density at radius 3 is 1.92 bits per heavy atom. The molecule has 3 heteroatoms. The molecule has 0 aromatic rings. The summed E-state index contributed by atoms with van der Waals surface area (Å²) in [6.07, 6.45) is 19.8. The third-order valence-corrected chi connectivity index (χ3v) is 5.67. The average molecular weight is 353 g/mol. The van der Waals surface area contributed by atoms with Gasteiger partial charge in [-0.2, -0.15) is 0 Å². The number of unbranched alkanes of at least 4 members (excludes halogenated alkanes) is 9. The zero-order valence-electron chi connectivity index (χ0n) is 16.7. The lowest BCUT2D eigenvalue weighted by atomic mass is 9.91. The van der Waals surface area contributed by atoms with E-state index in [2.05, 4.69) is 18.6 Å². The molecule has 0 aliphatic carbocycles. The van der Waals surface area contributed by atoms with E-state index in [9.17, 15) is 9.59 Å². The molecule has 1 fully saturated rings. The molecule has 0 radical (unpaired) electrons. The molecule has 2 atom stereocenters. The fraction of sp³-hybridized carbons (Fsp3) is 0.909. The van der Waals surface area contributed by atoms with Crippen molar-refractivity contribution in [2.75, 3.05) is 0 Å². The van der Waals surface area contributed by atoms with Crippen molar-refractivity contribution in [2.24, 2.45) is 11.8 Å². The van der Waals surface area contributed by atoms with Crippen LogP contribution in [0.4, 0.5) is 0 Å². The van der Waals surface area contributed by atoms with Crippen molar-refractivity contribution in [2.45, 2.75) is 117 Å². The highest BCUT2D eigenvalue weighted by atomic mass is 16.6. The molecule has 0 aromatic heterocycles. The van der Waals surface area contributed by atoms with Crippen LogP contribution in [0.2, 0.25) is 0 Å². The summed E-state index contributed by atoms with van der Waals surface area (Å²) in [5.41, 5.74) is 0. The Labute approximate surface area is 155 Å². The fourth-order valence-corrected chi connectivity index (χ4v) is 3.86. The Morgan fingerprint density at radius 1 is 0.840 bits per heavy atom. The molecule has 3 nitrogen and oxygen atoms in total. The maximum atomic E-state index is 11.4. The van der Waals surface area contributed by atoms with Crippen LogP contribution >= 0.6 is 0 Å². The van der Waals surface area contributed by atoms with Gasteiger partial charge in [-0.3, -0.25) is 9.59 Å². The van der Waals surface area contributed by atoms with E-state index in [4.69, 9.17) is 0 Å². The van der Waals surface area contributed by atoms with Crippen molar-refractivity contribution >= 4 is 11.9 Å². The molecule has 2 unspecified atom stereocenters. The number of cyclic esters (lactones) is 2. The van der Waals surface area contributed by atoms with Crippen LogP contribution in [0.5, 0.6) is 0 Å². The van der Waals surface area contributed by atoms with E-state index in [-0.39, 0.29) is 17.9 Å². The lowest BCUT2D eigenvalue weighted by molar-refractivity contribution is -0.153. The van der Waals surface area contributed by atoms with Crippen molar-refractivity contribution in [1.82, 2.24) is 0 Å². The summed E-state index contributed by atoms with van der Waals surface area (Å²) >= 11 is 0. The van der Waals surface area contributed by atoms with E-state index in [0.29, 0.717) is 6.42 Å². The van der Waals surface area contributed by atoms with Gasteiger partial charge in [-0.05, 0) is 12.3 Å². The van der Waals surface area contributed by atoms with Gasteiger partial charge >= 0.3 is 11.9 Å². The number of carbonyl (C=O) groups is 2. The molecule has 0 saturated carbocycles. The summed E-state index contributed by atoms with van der Waals surface area (Å²) < 4.78 is 4.61. The first-order valence-corrected chi connectivity index (χ1v) is 10.9. The summed E-state index contributed by atoms with van der Waals surface area (Å²) in [6.45, 7) is 4.57. The SMILES string of the molecule is CCCCCCCCCCCC(CC)CCCCC1CC(=O)OC1=O. The highest BCUT2D eigenvalue weighted by Crippen LogP contribution is 2.25. The van der Waals surface area contributed by atoms with E-state index in [1.165, 1.54) is 83.5 Å². The van der Waals surface area contributed by atoms with Crippen molar-refractivity contribution in [3.8, 4) is 0 Å². The van der Waals surface area contributed by atoms with Crippen molar-refractivity contribution in [3.63, 3.8) is 0 Å². The van der Waals surface area contributed by atoms with Gasteiger partial charge in [-0.25, -0.2) is 0 Å². The molecular formula is C22H40O3. The first-order chi connectivity index (χ1) is 12.2. The number of hydrogen-bond acceptors (Lipinski definition) is 3. The number of ether oxygens (including phenoxy) is 1. The van der Waals surface area contributed by atoms with Crippen LogP contribution in [0.3, 0.4) is 0 Å². The third-order valence-electron chi connectivity index (χ3n) is 5.67. The molecule has 1 aliphatic heterocycles. The van der Waals surface area contributed by atoms with Crippen LogP contribution in [-0.4, -0.2) is 11.9 Å². The lowest BCUT2D eigenvalue weighted by Gasteiger charge is -2.15.